The highest BCUT2D eigenvalue weighted by atomic mass is 32.2. The smallest absolute Gasteiger partial charge is 0.294 e. The van der Waals surface area contributed by atoms with E-state index in [1.807, 2.05) is 46.8 Å². The molecule has 0 unspecified atom stereocenters. The molecule has 0 amide bonds. The molecule has 0 aliphatic heterocycles. The van der Waals surface area contributed by atoms with Crippen molar-refractivity contribution in [1.82, 2.24) is 23.7 Å². The number of benzene rings is 4. The van der Waals surface area contributed by atoms with Crippen molar-refractivity contribution in [2.75, 3.05) is 66.6 Å². The SMILES string of the molecule is CCCSc1nc(Nc2cc(N(CC)CC)c(OC)cc2N=Nc2snc3ccc(S(=O)(=O)O)cc23)nc(Nc2cc(N(CC)CC)c(OC)cc2N=Nc2snc3ccc(S(=O)(=O)O)cc23)n1. The first-order valence-corrected chi connectivity index (χ1v) is 26.5. The van der Waals surface area contributed by atoms with Gasteiger partial charge in [-0.3, -0.25) is 9.11 Å². The topological polar surface area (TPSA) is 272 Å². The van der Waals surface area contributed by atoms with E-state index in [9.17, 15) is 25.9 Å². The van der Waals surface area contributed by atoms with Gasteiger partial charge >= 0.3 is 0 Å². The summed E-state index contributed by atoms with van der Waals surface area (Å²) in [7, 11) is -5.87. The molecule has 3 heterocycles. The molecule has 26 heteroatoms. The lowest BCUT2D eigenvalue weighted by Crippen LogP contribution is -2.22. The Hall–Kier alpha value is -6.16. The minimum absolute atomic E-state index is 0.153. The average Bonchev–Trinajstić information content (AvgIpc) is 3.93. The predicted octanol–water partition coefficient (Wildman–Crippen LogP) is 11.1. The molecule has 0 aliphatic rings. The summed E-state index contributed by atoms with van der Waals surface area (Å²) in [6.45, 7) is 12.8. The van der Waals surface area contributed by atoms with Crippen LogP contribution in [0.5, 0.6) is 11.5 Å². The molecular formula is C42H47N13O8S5. The highest BCUT2D eigenvalue weighted by Gasteiger charge is 2.21. The Bertz CT molecular complexity index is 3040. The highest BCUT2D eigenvalue weighted by molar-refractivity contribution is 7.99. The molecule has 7 rings (SSSR count). The summed E-state index contributed by atoms with van der Waals surface area (Å²) in [4.78, 5) is 18.0. The molecule has 4 N–H and O–H groups in total. The molecule has 68 heavy (non-hydrogen) atoms. The predicted molar refractivity (Wildman–Crippen MR) is 268 cm³/mol. The van der Waals surface area contributed by atoms with Gasteiger partial charge < -0.3 is 29.9 Å². The number of anilines is 6. The maximum Gasteiger partial charge on any atom is 0.294 e. The Balaban J connectivity index is 1.34. The first-order chi connectivity index (χ1) is 32.6. The third-order valence-corrected chi connectivity index (χ3v) is 14.6. The minimum atomic E-state index is -4.49. The van der Waals surface area contributed by atoms with Crippen molar-refractivity contribution in [3.05, 3.63) is 60.7 Å². The lowest BCUT2D eigenvalue weighted by atomic mass is 10.2. The van der Waals surface area contributed by atoms with E-state index in [4.69, 9.17) is 24.4 Å². The van der Waals surface area contributed by atoms with Gasteiger partial charge in [-0.15, -0.1) is 20.5 Å². The van der Waals surface area contributed by atoms with Crippen LogP contribution in [0, 0.1) is 0 Å². The number of azo groups is 2. The van der Waals surface area contributed by atoms with Crippen LogP contribution in [0.3, 0.4) is 0 Å². The number of hydrogen-bond donors (Lipinski definition) is 4. The molecule has 0 saturated carbocycles. The van der Waals surface area contributed by atoms with Gasteiger partial charge in [0.05, 0.1) is 57.8 Å². The molecule has 0 aliphatic carbocycles. The lowest BCUT2D eigenvalue weighted by molar-refractivity contribution is 0.414. The van der Waals surface area contributed by atoms with Crippen LogP contribution in [0.1, 0.15) is 41.0 Å². The molecule has 0 radical (unpaired) electrons. The first-order valence-electron chi connectivity index (χ1n) is 21.0. The van der Waals surface area contributed by atoms with Crippen LogP contribution in [-0.4, -0.2) is 95.8 Å². The third kappa shape index (κ3) is 11.2. The number of ether oxygens (including phenoxy) is 2. The Labute approximate surface area is 405 Å². The van der Waals surface area contributed by atoms with E-state index in [0.717, 1.165) is 40.9 Å². The highest BCUT2D eigenvalue weighted by Crippen LogP contribution is 2.44. The number of fused-ring (bicyclic) bond motifs is 2. The van der Waals surface area contributed by atoms with Gasteiger partial charge in [0.25, 0.3) is 20.2 Å². The molecule has 0 bridgehead atoms. The molecule has 4 aromatic carbocycles. The number of rotatable bonds is 21. The van der Waals surface area contributed by atoms with Crippen LogP contribution < -0.4 is 29.9 Å². The molecule has 7 aromatic rings. The number of aromatic nitrogens is 5. The summed E-state index contributed by atoms with van der Waals surface area (Å²) >= 11 is 3.46. The second-order valence-corrected chi connectivity index (χ2v) is 19.9. The molecule has 21 nitrogen and oxygen atoms in total. The lowest BCUT2D eigenvalue weighted by Gasteiger charge is -2.25. The van der Waals surface area contributed by atoms with Crippen molar-refractivity contribution in [3.8, 4) is 11.5 Å². The molecule has 0 fully saturated rings. The van der Waals surface area contributed by atoms with E-state index in [0.29, 0.717) is 103 Å². The Morgan fingerprint density at radius 2 is 1.04 bits per heavy atom. The Morgan fingerprint density at radius 1 is 0.618 bits per heavy atom. The van der Waals surface area contributed by atoms with Gasteiger partial charge in [-0.1, -0.05) is 18.7 Å². The summed E-state index contributed by atoms with van der Waals surface area (Å²) in [5, 5.41) is 26.7. The standard InChI is InChI=1S/C42H47N13O8S5/c1-8-17-64-42-46-40(43-30-20-34(54(9-2)10-3)36(62-6)22-32(30)48-50-38-26-18-24(67(56,57)58)13-15-28(26)52-65-38)45-41(47-42)44-31-21-35(55(11-4)12-5)37(63-7)23-33(31)49-51-39-27-19-25(68(59,60)61)14-16-29(27)53-66-39/h13-16,18-23H,8-12,17H2,1-7H3,(H,56,57,58)(H,59,60,61)(H2,43,44,45,46,47). The summed E-state index contributed by atoms with van der Waals surface area (Å²) < 4.78 is 87.8. The van der Waals surface area contributed by atoms with Gasteiger partial charge in [-0.25, -0.2) is 0 Å². The fraction of sp³-hybridized carbons (Fsp3) is 0.310. The van der Waals surface area contributed by atoms with Crippen LogP contribution >= 0.6 is 34.8 Å². The quantitative estimate of drug-likeness (QED) is 0.0296. The zero-order chi connectivity index (χ0) is 48.8. The van der Waals surface area contributed by atoms with Gasteiger partial charge in [-0.05, 0) is 106 Å². The van der Waals surface area contributed by atoms with Crippen molar-refractivity contribution in [2.24, 2.45) is 20.5 Å². The van der Waals surface area contributed by atoms with Crippen molar-refractivity contribution >= 4 is 133 Å². The van der Waals surface area contributed by atoms with E-state index < -0.39 is 20.2 Å². The van der Waals surface area contributed by atoms with Crippen LogP contribution in [0.4, 0.5) is 56.0 Å². The van der Waals surface area contributed by atoms with Gasteiger partial charge in [0.15, 0.2) is 15.2 Å². The molecular weight excluding hydrogens is 975 g/mol. The number of hydrogen-bond acceptors (Lipinski definition) is 22. The Kier molecular flexibility index (Phi) is 15.7. The van der Waals surface area contributed by atoms with E-state index in [2.05, 4.69) is 49.6 Å². The van der Waals surface area contributed by atoms with Gasteiger partial charge in [0.2, 0.25) is 11.9 Å². The number of nitrogens with zero attached hydrogens (tertiary/aromatic N) is 11. The summed E-state index contributed by atoms with van der Waals surface area (Å²) in [6, 6.07) is 15.3. The number of thioether (sulfide) groups is 1. The molecule has 0 atom stereocenters. The van der Waals surface area contributed by atoms with Crippen molar-refractivity contribution in [3.63, 3.8) is 0 Å². The van der Waals surface area contributed by atoms with Crippen molar-refractivity contribution in [1.29, 1.82) is 0 Å². The van der Waals surface area contributed by atoms with Crippen molar-refractivity contribution in [2.45, 2.75) is 56.0 Å². The first kappa shape index (κ1) is 49.7. The maximum atomic E-state index is 12.0. The number of methoxy groups -OCH3 is 2. The monoisotopic (exact) mass is 1020 g/mol. The van der Waals surface area contributed by atoms with E-state index in [1.165, 1.54) is 48.2 Å². The van der Waals surface area contributed by atoms with Gasteiger partial charge in [0.1, 0.15) is 22.9 Å². The van der Waals surface area contributed by atoms with E-state index in [-0.39, 0.29) is 21.7 Å². The van der Waals surface area contributed by atoms with E-state index in [1.54, 1.807) is 26.4 Å². The molecule has 0 spiro atoms. The summed E-state index contributed by atoms with van der Waals surface area (Å²) in [5.74, 6) is 2.04. The normalized spacial score (nSPS) is 12.1. The fourth-order valence-corrected chi connectivity index (χ4v) is 9.95. The third-order valence-electron chi connectivity index (χ3n) is 10.3. The molecule has 3 aromatic heterocycles. The Morgan fingerprint density at radius 3 is 1.41 bits per heavy atom. The molecule has 358 valence electrons. The van der Waals surface area contributed by atoms with Crippen LogP contribution in [0.2, 0.25) is 0 Å². The average molecular weight is 1020 g/mol. The van der Waals surface area contributed by atoms with Crippen LogP contribution in [-0.2, 0) is 20.2 Å². The number of nitrogens with one attached hydrogen (secondary N) is 2. The van der Waals surface area contributed by atoms with E-state index >= 15 is 0 Å². The summed E-state index contributed by atoms with van der Waals surface area (Å²) in [5.41, 5.74) is 4.01. The second-order valence-electron chi connectivity index (χ2n) is 14.5. The zero-order valence-electron chi connectivity index (χ0n) is 37.8. The van der Waals surface area contributed by atoms with Crippen LogP contribution in [0.15, 0.2) is 96.1 Å². The van der Waals surface area contributed by atoms with Crippen LogP contribution in [0.25, 0.3) is 21.8 Å². The fourth-order valence-electron chi connectivity index (χ4n) is 6.88. The maximum absolute atomic E-state index is 12.0. The molecule has 0 saturated heterocycles. The van der Waals surface area contributed by atoms with Gasteiger partial charge in [0, 0.05) is 54.8 Å². The van der Waals surface area contributed by atoms with Crippen molar-refractivity contribution < 1.29 is 35.4 Å². The largest absolute Gasteiger partial charge is 0.494 e. The van der Waals surface area contributed by atoms with Gasteiger partial charge in [-0.2, -0.15) is 40.5 Å². The summed E-state index contributed by atoms with van der Waals surface area (Å²) in [6.07, 6.45) is 0.838. The zero-order valence-corrected chi connectivity index (χ0v) is 41.9. The minimum Gasteiger partial charge on any atom is -0.494 e. The second kappa shape index (κ2) is 21.4.